The van der Waals surface area contributed by atoms with Gasteiger partial charge in [-0.25, -0.2) is 0 Å². The van der Waals surface area contributed by atoms with Gasteiger partial charge in [0.1, 0.15) is 5.75 Å². The minimum Gasteiger partial charge on any atom is -0.492 e. The molecule has 0 aliphatic rings. The molecule has 3 heteroatoms. The first-order valence-corrected chi connectivity index (χ1v) is 8.10. The number of benzene rings is 2. The van der Waals surface area contributed by atoms with E-state index in [-0.39, 0.29) is 5.92 Å². The molecule has 0 fully saturated rings. The number of aryl methyl sites for hydroxylation is 2. The number of ether oxygens (including phenoxy) is 1. The van der Waals surface area contributed by atoms with Crippen LogP contribution in [0.4, 0.5) is 0 Å². The molecule has 0 aliphatic carbocycles. The van der Waals surface area contributed by atoms with Gasteiger partial charge in [0.25, 0.3) is 0 Å². The van der Waals surface area contributed by atoms with Gasteiger partial charge in [-0.05, 0) is 57.0 Å². The first-order chi connectivity index (χ1) is 10.5. The lowest BCUT2D eigenvalue weighted by molar-refractivity contribution is 0.340. The van der Waals surface area contributed by atoms with Crippen LogP contribution in [0.15, 0.2) is 36.4 Å². The third kappa shape index (κ3) is 4.25. The second-order valence-electron chi connectivity index (χ2n) is 5.76. The van der Waals surface area contributed by atoms with E-state index in [1.54, 1.807) is 0 Å². The lowest BCUT2D eigenvalue weighted by Crippen LogP contribution is -2.15. The van der Waals surface area contributed by atoms with Crippen molar-refractivity contribution in [3.63, 3.8) is 0 Å². The molecular formula is C19H24ClNO. The van der Waals surface area contributed by atoms with Gasteiger partial charge < -0.3 is 10.5 Å². The predicted molar refractivity (Wildman–Crippen MR) is 94.0 cm³/mol. The average Bonchev–Trinajstić information content (AvgIpc) is 2.46. The van der Waals surface area contributed by atoms with Crippen molar-refractivity contribution in [1.29, 1.82) is 0 Å². The Bertz CT molecular complexity index is 619. The first kappa shape index (κ1) is 16.9. The van der Waals surface area contributed by atoms with Gasteiger partial charge in [0.05, 0.1) is 11.6 Å². The molecule has 0 aliphatic heterocycles. The zero-order valence-corrected chi connectivity index (χ0v) is 14.3. The fraction of sp³-hybridized carbons (Fsp3) is 0.368. The highest BCUT2D eigenvalue weighted by molar-refractivity contribution is 6.32. The molecule has 0 heterocycles. The molecule has 0 amide bonds. The van der Waals surface area contributed by atoms with Gasteiger partial charge in [-0.2, -0.15) is 0 Å². The molecule has 0 bridgehead atoms. The van der Waals surface area contributed by atoms with Crippen molar-refractivity contribution in [2.75, 3.05) is 13.2 Å². The molecule has 0 spiro atoms. The Kier molecular flexibility index (Phi) is 5.87. The molecule has 22 heavy (non-hydrogen) atoms. The highest BCUT2D eigenvalue weighted by Gasteiger charge is 2.13. The summed E-state index contributed by atoms with van der Waals surface area (Å²) in [7, 11) is 0. The largest absolute Gasteiger partial charge is 0.492 e. The maximum absolute atomic E-state index is 6.30. The van der Waals surface area contributed by atoms with Gasteiger partial charge in [0.2, 0.25) is 0 Å². The molecule has 1 atom stereocenters. The Morgan fingerprint density at radius 3 is 2.32 bits per heavy atom. The van der Waals surface area contributed by atoms with Gasteiger partial charge in [-0.1, -0.05) is 47.0 Å². The van der Waals surface area contributed by atoms with E-state index in [4.69, 9.17) is 22.1 Å². The van der Waals surface area contributed by atoms with Crippen LogP contribution in [0.3, 0.4) is 0 Å². The van der Waals surface area contributed by atoms with Crippen molar-refractivity contribution in [3.05, 3.63) is 63.7 Å². The molecule has 118 valence electrons. The van der Waals surface area contributed by atoms with Crippen LogP contribution in [0.2, 0.25) is 5.02 Å². The van der Waals surface area contributed by atoms with Gasteiger partial charge in [0, 0.05) is 5.92 Å². The van der Waals surface area contributed by atoms with E-state index in [1.807, 2.05) is 19.1 Å². The highest BCUT2D eigenvalue weighted by atomic mass is 35.5. The first-order valence-electron chi connectivity index (χ1n) is 7.73. The summed E-state index contributed by atoms with van der Waals surface area (Å²) in [6.45, 7) is 7.41. The van der Waals surface area contributed by atoms with Crippen LogP contribution >= 0.6 is 11.6 Å². The summed E-state index contributed by atoms with van der Waals surface area (Å²) in [5.74, 6) is 0.990. The zero-order valence-electron chi connectivity index (χ0n) is 13.5. The van der Waals surface area contributed by atoms with E-state index >= 15 is 0 Å². The van der Waals surface area contributed by atoms with E-state index in [9.17, 15) is 0 Å². The van der Waals surface area contributed by atoms with Crippen LogP contribution in [0, 0.1) is 13.8 Å². The van der Waals surface area contributed by atoms with Crippen molar-refractivity contribution in [3.8, 4) is 5.75 Å². The summed E-state index contributed by atoms with van der Waals surface area (Å²) in [6.07, 6.45) is 0.920. The molecule has 2 nitrogen and oxygen atoms in total. The summed E-state index contributed by atoms with van der Waals surface area (Å²) in [4.78, 5) is 0. The molecular weight excluding hydrogens is 294 g/mol. The Morgan fingerprint density at radius 2 is 1.77 bits per heavy atom. The van der Waals surface area contributed by atoms with E-state index in [0.717, 1.165) is 17.7 Å². The van der Waals surface area contributed by atoms with Crippen LogP contribution in [-0.2, 0) is 6.42 Å². The van der Waals surface area contributed by atoms with E-state index in [0.29, 0.717) is 18.2 Å². The van der Waals surface area contributed by atoms with E-state index < -0.39 is 0 Å². The van der Waals surface area contributed by atoms with E-state index in [2.05, 4.69) is 38.1 Å². The maximum atomic E-state index is 6.30. The predicted octanol–water partition coefficient (Wildman–Crippen LogP) is 4.64. The van der Waals surface area contributed by atoms with Gasteiger partial charge >= 0.3 is 0 Å². The van der Waals surface area contributed by atoms with Crippen molar-refractivity contribution in [2.45, 2.75) is 33.1 Å². The SMILES string of the molecule is CCOc1ccc(C(CN)Cc2cc(C)cc(C)c2)cc1Cl. The molecule has 0 saturated heterocycles. The highest BCUT2D eigenvalue weighted by Crippen LogP contribution is 2.30. The monoisotopic (exact) mass is 317 g/mol. The topological polar surface area (TPSA) is 35.2 Å². The standard InChI is InChI=1S/C19H24ClNO/c1-4-22-19-6-5-16(11-18(19)20)17(12-21)10-15-8-13(2)7-14(3)9-15/h5-9,11,17H,4,10,12,21H2,1-3H3. The van der Waals surface area contributed by atoms with Crippen LogP contribution in [0.5, 0.6) is 5.75 Å². The van der Waals surface area contributed by atoms with Crippen LogP contribution in [0.25, 0.3) is 0 Å². The molecule has 1 unspecified atom stereocenters. The van der Waals surface area contributed by atoms with Crippen molar-refractivity contribution in [2.24, 2.45) is 5.73 Å². The number of hydrogen-bond donors (Lipinski definition) is 1. The van der Waals surface area contributed by atoms with Gasteiger partial charge in [0.15, 0.2) is 0 Å². The number of halogens is 1. The Hall–Kier alpha value is -1.51. The molecule has 0 aromatic heterocycles. The van der Waals surface area contributed by atoms with Crippen molar-refractivity contribution in [1.82, 2.24) is 0 Å². The lowest BCUT2D eigenvalue weighted by atomic mass is 9.91. The fourth-order valence-electron chi connectivity index (χ4n) is 2.85. The molecule has 0 saturated carbocycles. The second-order valence-corrected chi connectivity index (χ2v) is 6.16. The summed E-state index contributed by atoms with van der Waals surface area (Å²) >= 11 is 6.30. The van der Waals surface area contributed by atoms with Crippen LogP contribution in [-0.4, -0.2) is 13.2 Å². The average molecular weight is 318 g/mol. The zero-order chi connectivity index (χ0) is 16.1. The smallest absolute Gasteiger partial charge is 0.137 e. The van der Waals surface area contributed by atoms with Crippen molar-refractivity contribution < 1.29 is 4.74 Å². The third-order valence-electron chi connectivity index (χ3n) is 3.78. The summed E-state index contributed by atoms with van der Waals surface area (Å²) in [6, 6.07) is 12.6. The van der Waals surface area contributed by atoms with Crippen LogP contribution < -0.4 is 10.5 Å². The van der Waals surface area contributed by atoms with Gasteiger partial charge in [-0.3, -0.25) is 0 Å². The van der Waals surface area contributed by atoms with Crippen molar-refractivity contribution >= 4 is 11.6 Å². The van der Waals surface area contributed by atoms with Crippen LogP contribution in [0.1, 0.15) is 35.1 Å². The molecule has 2 aromatic rings. The maximum Gasteiger partial charge on any atom is 0.137 e. The number of rotatable bonds is 6. The minimum atomic E-state index is 0.259. The Morgan fingerprint density at radius 1 is 1.09 bits per heavy atom. The second kappa shape index (κ2) is 7.66. The summed E-state index contributed by atoms with van der Waals surface area (Å²) in [5.41, 5.74) is 11.1. The quantitative estimate of drug-likeness (QED) is 0.842. The normalized spacial score (nSPS) is 12.2. The summed E-state index contributed by atoms with van der Waals surface area (Å²) in [5, 5.41) is 0.651. The van der Waals surface area contributed by atoms with E-state index in [1.165, 1.54) is 16.7 Å². The minimum absolute atomic E-state index is 0.259. The lowest BCUT2D eigenvalue weighted by Gasteiger charge is -2.17. The molecule has 2 N–H and O–H groups in total. The third-order valence-corrected chi connectivity index (χ3v) is 4.07. The fourth-order valence-corrected chi connectivity index (χ4v) is 3.10. The number of hydrogen-bond acceptors (Lipinski definition) is 2. The number of nitrogens with two attached hydrogens (primary N) is 1. The molecule has 0 radical (unpaired) electrons. The van der Waals surface area contributed by atoms with Gasteiger partial charge in [-0.15, -0.1) is 0 Å². The Labute approximate surface area is 138 Å². The Balaban J connectivity index is 2.22. The molecule has 2 rings (SSSR count). The molecule has 2 aromatic carbocycles. The summed E-state index contributed by atoms with van der Waals surface area (Å²) < 4.78 is 5.49.